The van der Waals surface area contributed by atoms with Gasteiger partial charge in [0.2, 0.25) is 15.9 Å². The van der Waals surface area contributed by atoms with Crippen molar-refractivity contribution in [2.24, 2.45) is 0 Å². The molecule has 0 radical (unpaired) electrons. The molecule has 1 saturated heterocycles. The number of fused-ring (bicyclic) bond motifs is 2. The molecule has 27 heavy (non-hydrogen) atoms. The number of hydrogen-bond acceptors (Lipinski definition) is 5. The quantitative estimate of drug-likeness (QED) is 0.838. The number of ether oxygens (including phenoxy) is 1. The summed E-state index contributed by atoms with van der Waals surface area (Å²) in [6.45, 7) is 4.41. The Kier molecular flexibility index (Phi) is 4.43. The Morgan fingerprint density at radius 2 is 2.11 bits per heavy atom. The van der Waals surface area contributed by atoms with Crippen LogP contribution in [0.25, 0.3) is 0 Å². The van der Waals surface area contributed by atoms with Gasteiger partial charge >= 0.3 is 0 Å². The first kappa shape index (κ1) is 18.0. The fraction of sp³-hybridized carbons (Fsp3) is 0.444. The molecule has 0 aliphatic carbocycles. The molecular weight excluding hydrogens is 368 g/mol. The molecule has 0 bridgehead atoms. The van der Waals surface area contributed by atoms with Gasteiger partial charge in [-0.15, -0.1) is 0 Å². The molecule has 2 aliphatic heterocycles. The van der Waals surface area contributed by atoms with Gasteiger partial charge in [-0.1, -0.05) is 12.1 Å². The van der Waals surface area contributed by atoms with Crippen molar-refractivity contribution in [3.05, 3.63) is 41.7 Å². The minimum atomic E-state index is -3.65. The zero-order valence-corrected chi connectivity index (χ0v) is 16.1. The number of nitrogens with zero attached hydrogens (tertiary/aromatic N) is 3. The topological polar surface area (TPSA) is 93.5 Å². The number of hydrogen-bond donors (Lipinski definition) is 1. The van der Waals surface area contributed by atoms with Crippen LogP contribution in [0.3, 0.4) is 0 Å². The van der Waals surface area contributed by atoms with Crippen molar-refractivity contribution in [1.82, 2.24) is 19.4 Å². The van der Waals surface area contributed by atoms with Crippen molar-refractivity contribution in [2.75, 3.05) is 13.2 Å². The average Bonchev–Trinajstić information content (AvgIpc) is 3.13. The van der Waals surface area contributed by atoms with E-state index in [1.165, 1.54) is 4.31 Å². The van der Waals surface area contributed by atoms with Crippen LogP contribution >= 0.6 is 0 Å². The fourth-order valence-electron chi connectivity index (χ4n) is 3.78. The first-order valence-corrected chi connectivity index (χ1v) is 10.3. The van der Waals surface area contributed by atoms with Gasteiger partial charge in [0.05, 0.1) is 11.7 Å². The molecule has 1 amide bonds. The smallest absolute Gasteiger partial charge is 0.247 e. The Hall–Kier alpha value is -2.39. The second-order valence-electron chi connectivity index (χ2n) is 7.07. The molecule has 2 atom stereocenters. The SMILES string of the molecule is Cc1cc(C)n(CC(=O)N[C@H]2C[C@H]3COc4ccccc4S(=O)(=O)N3C2)n1. The van der Waals surface area contributed by atoms with Gasteiger partial charge in [0.15, 0.2) is 0 Å². The Balaban J connectivity index is 1.47. The van der Waals surface area contributed by atoms with Gasteiger partial charge in [-0.2, -0.15) is 9.40 Å². The number of carbonyl (C=O) groups is 1. The predicted octanol–water partition coefficient (Wildman–Crippen LogP) is 0.840. The predicted molar refractivity (Wildman–Crippen MR) is 97.9 cm³/mol. The Morgan fingerprint density at radius 3 is 2.85 bits per heavy atom. The molecule has 0 saturated carbocycles. The van der Waals surface area contributed by atoms with Crippen LogP contribution in [0.1, 0.15) is 17.8 Å². The maximum Gasteiger partial charge on any atom is 0.247 e. The zero-order chi connectivity index (χ0) is 19.2. The highest BCUT2D eigenvalue weighted by Crippen LogP contribution is 2.35. The summed E-state index contributed by atoms with van der Waals surface area (Å²) in [5, 5.41) is 7.23. The van der Waals surface area contributed by atoms with Gasteiger partial charge in [-0.3, -0.25) is 9.48 Å². The van der Waals surface area contributed by atoms with Gasteiger partial charge in [0, 0.05) is 18.3 Å². The molecule has 1 fully saturated rings. The highest BCUT2D eigenvalue weighted by molar-refractivity contribution is 7.89. The first-order chi connectivity index (χ1) is 12.8. The number of aromatic nitrogens is 2. The van der Waals surface area contributed by atoms with Crippen molar-refractivity contribution < 1.29 is 17.9 Å². The highest BCUT2D eigenvalue weighted by Gasteiger charge is 2.44. The molecule has 0 spiro atoms. The van der Waals surface area contributed by atoms with E-state index in [-0.39, 0.29) is 42.6 Å². The van der Waals surface area contributed by atoms with E-state index < -0.39 is 10.0 Å². The largest absolute Gasteiger partial charge is 0.490 e. The summed E-state index contributed by atoms with van der Waals surface area (Å²) in [5.74, 6) is 0.208. The van der Waals surface area contributed by atoms with Crippen molar-refractivity contribution in [3.8, 4) is 5.75 Å². The van der Waals surface area contributed by atoms with Crippen LogP contribution in [-0.4, -0.2) is 53.6 Å². The summed E-state index contributed by atoms with van der Waals surface area (Å²) in [4.78, 5) is 12.6. The lowest BCUT2D eigenvalue weighted by Gasteiger charge is -2.19. The monoisotopic (exact) mass is 390 g/mol. The number of sulfonamides is 1. The first-order valence-electron chi connectivity index (χ1n) is 8.88. The van der Waals surface area contributed by atoms with E-state index in [0.717, 1.165) is 11.4 Å². The van der Waals surface area contributed by atoms with Crippen LogP contribution in [0.2, 0.25) is 0 Å². The van der Waals surface area contributed by atoms with Gasteiger partial charge in [-0.25, -0.2) is 8.42 Å². The van der Waals surface area contributed by atoms with E-state index >= 15 is 0 Å². The summed E-state index contributed by atoms with van der Waals surface area (Å²) in [5.41, 5.74) is 1.77. The Bertz CT molecular complexity index is 985. The minimum absolute atomic E-state index is 0.118. The number of nitrogens with one attached hydrogen (secondary N) is 1. The van der Waals surface area contributed by atoms with E-state index in [2.05, 4.69) is 10.4 Å². The van der Waals surface area contributed by atoms with Crippen molar-refractivity contribution in [2.45, 2.75) is 43.8 Å². The summed E-state index contributed by atoms with van der Waals surface area (Å²) in [6, 6.07) is 8.04. The molecule has 4 rings (SSSR count). The van der Waals surface area contributed by atoms with Crippen LogP contribution < -0.4 is 10.1 Å². The number of amides is 1. The third-order valence-corrected chi connectivity index (χ3v) is 6.95. The van der Waals surface area contributed by atoms with E-state index in [9.17, 15) is 13.2 Å². The van der Waals surface area contributed by atoms with E-state index in [0.29, 0.717) is 12.2 Å². The maximum atomic E-state index is 13.0. The van der Waals surface area contributed by atoms with Crippen LogP contribution in [0.5, 0.6) is 5.75 Å². The average molecular weight is 390 g/mol. The van der Waals surface area contributed by atoms with Crippen LogP contribution in [0, 0.1) is 13.8 Å². The van der Waals surface area contributed by atoms with Crippen LogP contribution in [0.15, 0.2) is 35.2 Å². The van der Waals surface area contributed by atoms with Gasteiger partial charge < -0.3 is 10.1 Å². The Morgan fingerprint density at radius 1 is 1.33 bits per heavy atom. The number of rotatable bonds is 3. The van der Waals surface area contributed by atoms with Crippen molar-refractivity contribution >= 4 is 15.9 Å². The van der Waals surface area contributed by atoms with Gasteiger partial charge in [0.25, 0.3) is 0 Å². The third-order valence-electron chi connectivity index (χ3n) is 4.99. The lowest BCUT2D eigenvalue weighted by molar-refractivity contribution is -0.122. The molecule has 3 heterocycles. The lowest BCUT2D eigenvalue weighted by atomic mass is 10.2. The number of aryl methyl sites for hydroxylation is 2. The standard InChI is InChI=1S/C18H22N4O4S/c1-12-7-13(2)21(20-12)10-18(23)19-14-8-15-11-26-16-5-3-4-6-17(16)27(24,25)22(15)9-14/h3-7,14-15H,8-11H2,1-2H3,(H,19,23)/t14-,15-/m0/s1. The van der Waals surface area contributed by atoms with E-state index in [4.69, 9.17) is 4.74 Å². The van der Waals surface area contributed by atoms with Crippen molar-refractivity contribution in [3.63, 3.8) is 0 Å². The summed E-state index contributed by atoms with van der Waals surface area (Å²) in [6.07, 6.45) is 0.524. The zero-order valence-electron chi connectivity index (χ0n) is 15.3. The summed E-state index contributed by atoms with van der Waals surface area (Å²) >= 11 is 0. The third kappa shape index (κ3) is 3.32. The molecular formula is C18H22N4O4S. The molecule has 9 heteroatoms. The molecule has 144 valence electrons. The minimum Gasteiger partial charge on any atom is -0.490 e. The van der Waals surface area contributed by atoms with Gasteiger partial charge in [-0.05, 0) is 38.5 Å². The number of benzene rings is 1. The highest BCUT2D eigenvalue weighted by atomic mass is 32.2. The van der Waals surface area contributed by atoms with Crippen LogP contribution in [0.4, 0.5) is 0 Å². The lowest BCUT2D eigenvalue weighted by Crippen LogP contribution is -2.40. The summed E-state index contributed by atoms with van der Waals surface area (Å²) in [7, 11) is -3.65. The van der Waals surface area contributed by atoms with Gasteiger partial charge in [0.1, 0.15) is 23.8 Å². The molecule has 0 unspecified atom stereocenters. The second kappa shape index (κ2) is 6.65. The van der Waals surface area contributed by atoms with Crippen LogP contribution in [-0.2, 0) is 21.4 Å². The van der Waals surface area contributed by atoms with E-state index in [1.807, 2.05) is 19.9 Å². The number of para-hydroxylation sites is 1. The number of carbonyl (C=O) groups excluding carboxylic acids is 1. The Labute approximate surface area is 158 Å². The fourth-order valence-corrected chi connectivity index (χ4v) is 5.58. The maximum absolute atomic E-state index is 13.0. The molecule has 1 aromatic heterocycles. The molecule has 8 nitrogen and oxygen atoms in total. The normalized spacial score (nSPS) is 23.8. The molecule has 2 aliphatic rings. The molecule has 1 N–H and O–H groups in total. The molecule has 2 aromatic rings. The summed E-state index contributed by atoms with van der Waals surface area (Å²) < 4.78 is 34.8. The second-order valence-corrected chi connectivity index (χ2v) is 8.93. The van der Waals surface area contributed by atoms with E-state index in [1.54, 1.807) is 28.9 Å². The molecule has 1 aromatic carbocycles. The van der Waals surface area contributed by atoms with Crippen molar-refractivity contribution in [1.29, 1.82) is 0 Å².